The topological polar surface area (TPSA) is 62.6 Å². The summed E-state index contributed by atoms with van der Waals surface area (Å²) in [5, 5.41) is 8.77. The van der Waals surface area contributed by atoms with Crippen LogP contribution in [0.3, 0.4) is 0 Å². The Morgan fingerprint density at radius 3 is 2.67 bits per heavy atom. The van der Waals surface area contributed by atoms with Gasteiger partial charge in [0.15, 0.2) is 6.61 Å². The second-order valence-corrected chi connectivity index (χ2v) is 5.53. The fourth-order valence-electron chi connectivity index (χ4n) is 2.61. The third-order valence-corrected chi connectivity index (χ3v) is 3.94. The summed E-state index contributed by atoms with van der Waals surface area (Å²) in [6.07, 6.45) is -0.0983. The van der Waals surface area contributed by atoms with Crippen molar-refractivity contribution in [3.8, 4) is 11.8 Å². The van der Waals surface area contributed by atoms with E-state index < -0.39 is 0 Å². The van der Waals surface area contributed by atoms with Crippen LogP contribution in [0.15, 0.2) is 54.6 Å². The highest BCUT2D eigenvalue weighted by Crippen LogP contribution is 2.22. The smallest absolute Gasteiger partial charge is 0.260 e. The van der Waals surface area contributed by atoms with Gasteiger partial charge in [0, 0.05) is 6.54 Å². The largest absolute Gasteiger partial charge is 0.484 e. The van der Waals surface area contributed by atoms with Gasteiger partial charge < -0.3 is 14.4 Å². The number of hydrogen-bond acceptors (Lipinski definition) is 4. The summed E-state index contributed by atoms with van der Waals surface area (Å²) in [5.74, 6) is 0.513. The molecular weight excluding hydrogens is 304 g/mol. The first-order chi connectivity index (χ1) is 11.8. The fraction of sp³-hybridized carbons (Fsp3) is 0.263. The number of rotatable bonds is 4. The first-order valence-electron chi connectivity index (χ1n) is 7.83. The van der Waals surface area contributed by atoms with Gasteiger partial charge in [-0.05, 0) is 29.8 Å². The normalized spacial score (nSPS) is 17.1. The van der Waals surface area contributed by atoms with Gasteiger partial charge in [0.05, 0.1) is 24.8 Å². The van der Waals surface area contributed by atoms with E-state index in [1.807, 2.05) is 36.4 Å². The predicted molar refractivity (Wildman–Crippen MR) is 88.4 cm³/mol. The average Bonchev–Trinajstić information content (AvgIpc) is 2.67. The molecule has 0 saturated carbocycles. The lowest BCUT2D eigenvalue weighted by Crippen LogP contribution is -2.44. The summed E-state index contributed by atoms with van der Waals surface area (Å²) in [4.78, 5) is 14.1. The maximum Gasteiger partial charge on any atom is 0.260 e. The first-order valence-corrected chi connectivity index (χ1v) is 7.83. The van der Waals surface area contributed by atoms with E-state index in [1.54, 1.807) is 29.2 Å². The van der Waals surface area contributed by atoms with E-state index in [0.717, 1.165) is 5.56 Å². The van der Waals surface area contributed by atoms with Crippen LogP contribution in [0.1, 0.15) is 17.2 Å². The van der Waals surface area contributed by atoms with Gasteiger partial charge in [-0.1, -0.05) is 30.3 Å². The van der Waals surface area contributed by atoms with Crippen LogP contribution < -0.4 is 4.74 Å². The molecule has 3 rings (SSSR count). The highest BCUT2D eigenvalue weighted by atomic mass is 16.5. The minimum Gasteiger partial charge on any atom is -0.484 e. The Kier molecular flexibility index (Phi) is 5.09. The van der Waals surface area contributed by atoms with Crippen LogP contribution >= 0.6 is 0 Å². The van der Waals surface area contributed by atoms with Crippen molar-refractivity contribution in [2.45, 2.75) is 6.10 Å². The number of carbonyl (C=O) groups excluding carboxylic acids is 1. The number of ether oxygens (including phenoxy) is 2. The predicted octanol–water partition coefficient (Wildman–Crippen LogP) is 2.54. The third kappa shape index (κ3) is 3.92. The Morgan fingerprint density at radius 1 is 1.21 bits per heavy atom. The number of amides is 1. The van der Waals surface area contributed by atoms with Crippen molar-refractivity contribution >= 4 is 5.91 Å². The maximum atomic E-state index is 12.4. The minimum atomic E-state index is -0.0983. The molecule has 1 heterocycles. The molecule has 5 nitrogen and oxygen atoms in total. The summed E-state index contributed by atoms with van der Waals surface area (Å²) < 4.78 is 11.3. The van der Waals surface area contributed by atoms with E-state index in [9.17, 15) is 4.79 Å². The number of benzene rings is 2. The summed E-state index contributed by atoms with van der Waals surface area (Å²) in [7, 11) is 0. The first kappa shape index (κ1) is 16.0. The monoisotopic (exact) mass is 322 g/mol. The lowest BCUT2D eigenvalue weighted by atomic mass is 10.1. The van der Waals surface area contributed by atoms with Crippen molar-refractivity contribution in [2.24, 2.45) is 0 Å². The van der Waals surface area contributed by atoms with Crippen LogP contribution in [0.25, 0.3) is 0 Å². The summed E-state index contributed by atoms with van der Waals surface area (Å²) in [5.41, 5.74) is 1.63. The Morgan fingerprint density at radius 2 is 1.96 bits per heavy atom. The number of hydrogen-bond donors (Lipinski definition) is 0. The van der Waals surface area contributed by atoms with E-state index in [1.165, 1.54) is 0 Å². The quantitative estimate of drug-likeness (QED) is 0.868. The molecule has 1 aliphatic heterocycles. The van der Waals surface area contributed by atoms with Crippen molar-refractivity contribution < 1.29 is 14.3 Å². The van der Waals surface area contributed by atoms with E-state index in [2.05, 4.69) is 0 Å². The lowest BCUT2D eigenvalue weighted by Gasteiger charge is -2.33. The van der Waals surface area contributed by atoms with E-state index in [4.69, 9.17) is 14.7 Å². The van der Waals surface area contributed by atoms with E-state index in [0.29, 0.717) is 31.0 Å². The van der Waals surface area contributed by atoms with Crippen LogP contribution in [0.2, 0.25) is 0 Å². The SMILES string of the molecule is N#Cc1ccc(OCC(=O)N2CCOC(c3ccccc3)C2)cc1. The van der Waals surface area contributed by atoms with Crippen LogP contribution in [-0.2, 0) is 9.53 Å². The molecule has 0 radical (unpaired) electrons. The molecule has 1 amide bonds. The number of nitriles is 1. The number of nitrogens with zero attached hydrogens (tertiary/aromatic N) is 2. The minimum absolute atomic E-state index is 0.0204. The zero-order valence-corrected chi connectivity index (χ0v) is 13.2. The molecule has 0 spiro atoms. The van der Waals surface area contributed by atoms with E-state index in [-0.39, 0.29) is 18.6 Å². The van der Waals surface area contributed by atoms with Gasteiger partial charge in [0.25, 0.3) is 5.91 Å². The van der Waals surface area contributed by atoms with Crippen LogP contribution in [0.5, 0.6) is 5.75 Å². The molecule has 0 aromatic heterocycles. The second-order valence-electron chi connectivity index (χ2n) is 5.53. The van der Waals surface area contributed by atoms with E-state index >= 15 is 0 Å². The van der Waals surface area contributed by atoms with Gasteiger partial charge >= 0.3 is 0 Å². The maximum absolute atomic E-state index is 12.4. The van der Waals surface area contributed by atoms with Crippen LogP contribution in [0, 0.1) is 11.3 Å². The van der Waals surface area contributed by atoms with Gasteiger partial charge in [-0.15, -0.1) is 0 Å². The summed E-state index contributed by atoms with van der Waals surface area (Å²) in [6.45, 7) is 1.59. The summed E-state index contributed by atoms with van der Waals surface area (Å²) >= 11 is 0. The Bertz CT molecular complexity index is 723. The standard InChI is InChI=1S/C19H18N2O3/c20-12-15-6-8-17(9-7-15)24-14-19(22)21-10-11-23-18(13-21)16-4-2-1-3-5-16/h1-9,18H,10-11,13-14H2. The molecule has 2 aromatic carbocycles. The molecule has 1 fully saturated rings. The van der Waals surface area contributed by atoms with Gasteiger partial charge in [-0.25, -0.2) is 0 Å². The summed E-state index contributed by atoms with van der Waals surface area (Å²) in [6, 6.07) is 18.7. The number of carbonyl (C=O) groups is 1. The zero-order valence-electron chi connectivity index (χ0n) is 13.2. The van der Waals surface area contributed by atoms with Crippen LogP contribution in [-0.4, -0.2) is 37.1 Å². The molecule has 1 atom stereocenters. The van der Waals surface area contributed by atoms with Crippen LogP contribution in [0.4, 0.5) is 0 Å². The fourth-order valence-corrected chi connectivity index (χ4v) is 2.61. The second kappa shape index (κ2) is 7.62. The Labute approximate surface area is 141 Å². The highest BCUT2D eigenvalue weighted by molar-refractivity contribution is 5.78. The van der Waals surface area contributed by atoms with Crippen molar-refractivity contribution in [1.29, 1.82) is 5.26 Å². The Balaban J connectivity index is 1.55. The lowest BCUT2D eigenvalue weighted by molar-refractivity contribution is -0.141. The third-order valence-electron chi connectivity index (χ3n) is 3.94. The number of morpholine rings is 1. The van der Waals surface area contributed by atoms with Gasteiger partial charge in [0.2, 0.25) is 0 Å². The molecule has 0 aliphatic carbocycles. The average molecular weight is 322 g/mol. The van der Waals surface area contributed by atoms with Crippen molar-refractivity contribution in [3.05, 3.63) is 65.7 Å². The van der Waals surface area contributed by atoms with Crippen molar-refractivity contribution in [2.75, 3.05) is 26.3 Å². The molecule has 1 aliphatic rings. The molecule has 24 heavy (non-hydrogen) atoms. The molecule has 0 bridgehead atoms. The molecule has 1 unspecified atom stereocenters. The zero-order chi connectivity index (χ0) is 16.8. The molecule has 122 valence electrons. The molecule has 0 N–H and O–H groups in total. The molecular formula is C19H18N2O3. The molecule has 5 heteroatoms. The van der Waals surface area contributed by atoms with Gasteiger partial charge in [-0.3, -0.25) is 4.79 Å². The molecule has 2 aromatic rings. The van der Waals surface area contributed by atoms with Gasteiger partial charge in [0.1, 0.15) is 11.9 Å². The van der Waals surface area contributed by atoms with Crippen molar-refractivity contribution in [3.63, 3.8) is 0 Å². The van der Waals surface area contributed by atoms with Gasteiger partial charge in [-0.2, -0.15) is 5.26 Å². The van der Waals surface area contributed by atoms with Crippen molar-refractivity contribution in [1.82, 2.24) is 4.90 Å². The highest BCUT2D eigenvalue weighted by Gasteiger charge is 2.25. The molecule has 1 saturated heterocycles. The Hall–Kier alpha value is -2.84.